The summed E-state index contributed by atoms with van der Waals surface area (Å²) in [5.41, 5.74) is 2.57. The molecule has 0 bridgehead atoms. The molecule has 2 heterocycles. The van der Waals surface area contributed by atoms with Crippen LogP contribution in [0.4, 0.5) is 23.2 Å². The van der Waals surface area contributed by atoms with Crippen molar-refractivity contribution in [3.8, 4) is 22.8 Å². The van der Waals surface area contributed by atoms with E-state index in [-0.39, 0.29) is 0 Å². The Morgan fingerprint density at radius 3 is 2.50 bits per heavy atom. The number of anilines is 1. The molecule has 3 rings (SSSR count). The summed E-state index contributed by atoms with van der Waals surface area (Å²) in [6.07, 6.45) is -4.18. The fraction of sp³-hybridized carbons (Fsp3) is 0.0769. The number of carbonyl (C=O) groups is 1. The lowest BCUT2D eigenvalue weighted by molar-refractivity contribution is -0.287. The Balaban J connectivity index is 2.30. The Morgan fingerprint density at radius 1 is 1.25 bits per heavy atom. The molecule has 0 saturated carbocycles. The lowest BCUT2D eigenvalue weighted by atomic mass is 10.1. The monoisotopic (exact) mass is 364 g/mol. The topological polar surface area (TPSA) is 94.7 Å². The number of fused-ring (bicyclic) bond motifs is 1. The molecule has 0 saturated heterocycles. The van der Waals surface area contributed by atoms with E-state index in [9.17, 15) is 22.4 Å². The number of nitrogens with zero attached hydrogens (tertiary/aromatic N) is 1. The fourth-order valence-corrected chi connectivity index (χ4v) is 2.27. The van der Waals surface area contributed by atoms with Crippen molar-refractivity contribution in [2.75, 3.05) is 5.73 Å². The van der Waals surface area contributed by atoms with Crippen LogP contribution in [0.15, 0.2) is 12.1 Å². The average molecular weight is 365 g/mol. The summed E-state index contributed by atoms with van der Waals surface area (Å²) in [7, 11) is 0. The van der Waals surface area contributed by atoms with E-state index in [4.69, 9.17) is 22.4 Å². The van der Waals surface area contributed by atoms with E-state index in [1.54, 1.807) is 0 Å². The van der Waals surface area contributed by atoms with E-state index in [0.717, 1.165) is 6.07 Å². The van der Waals surface area contributed by atoms with Crippen LogP contribution in [-0.4, -0.2) is 22.4 Å². The number of aromatic carboxylic acids is 1. The molecule has 1 aliphatic heterocycles. The summed E-state index contributed by atoms with van der Waals surface area (Å²) in [4.78, 5) is 14.6. The van der Waals surface area contributed by atoms with Crippen molar-refractivity contribution in [3.05, 3.63) is 34.5 Å². The quantitative estimate of drug-likeness (QED) is 0.794. The minimum Gasteiger partial charge on any atom is -0.476 e. The SMILES string of the molecule is Nc1c(F)c(-c2ccc(F)c3c2OC(F)(F)O3)nc(C(=O)O)c1Cl. The number of carboxylic acids is 1. The van der Waals surface area contributed by atoms with Crippen LogP contribution < -0.4 is 15.2 Å². The van der Waals surface area contributed by atoms with Gasteiger partial charge in [0.2, 0.25) is 5.75 Å². The lowest BCUT2D eigenvalue weighted by Crippen LogP contribution is -2.26. The van der Waals surface area contributed by atoms with Gasteiger partial charge < -0.3 is 20.3 Å². The second-order valence-corrected chi connectivity index (χ2v) is 4.95. The maximum Gasteiger partial charge on any atom is 0.586 e. The van der Waals surface area contributed by atoms with E-state index in [2.05, 4.69) is 14.5 Å². The molecule has 1 aliphatic rings. The third-order valence-corrected chi connectivity index (χ3v) is 3.46. The van der Waals surface area contributed by atoms with Crippen LogP contribution in [0.1, 0.15) is 10.5 Å². The Bertz CT molecular complexity index is 891. The number of rotatable bonds is 2. The van der Waals surface area contributed by atoms with Gasteiger partial charge in [-0.05, 0) is 12.1 Å². The summed E-state index contributed by atoms with van der Waals surface area (Å²) in [5, 5.41) is 8.35. The zero-order valence-corrected chi connectivity index (χ0v) is 12.0. The van der Waals surface area contributed by atoms with Gasteiger partial charge in [0, 0.05) is 5.56 Å². The number of pyridine rings is 1. The Hall–Kier alpha value is -2.75. The summed E-state index contributed by atoms with van der Waals surface area (Å²) >= 11 is 5.60. The number of hydrogen-bond acceptors (Lipinski definition) is 5. The van der Waals surface area contributed by atoms with Crippen molar-refractivity contribution < 1.29 is 36.9 Å². The number of carboxylic acid groups (broad SMARTS) is 1. The van der Waals surface area contributed by atoms with Gasteiger partial charge in [-0.15, -0.1) is 8.78 Å². The molecule has 0 spiro atoms. The molecule has 0 fully saturated rings. The molecule has 24 heavy (non-hydrogen) atoms. The predicted octanol–water partition coefficient (Wildman–Crippen LogP) is 3.28. The Kier molecular flexibility index (Phi) is 3.44. The summed E-state index contributed by atoms with van der Waals surface area (Å²) in [6, 6.07) is 1.56. The Morgan fingerprint density at radius 2 is 1.88 bits per heavy atom. The predicted molar refractivity (Wildman–Crippen MR) is 72.2 cm³/mol. The largest absolute Gasteiger partial charge is 0.586 e. The number of benzene rings is 1. The van der Waals surface area contributed by atoms with Gasteiger partial charge in [0.05, 0.1) is 10.7 Å². The van der Waals surface area contributed by atoms with Crippen molar-refractivity contribution >= 4 is 23.3 Å². The summed E-state index contributed by atoms with van der Waals surface area (Å²) in [5.74, 6) is -5.91. The van der Waals surface area contributed by atoms with Crippen LogP contribution in [-0.2, 0) is 0 Å². The summed E-state index contributed by atoms with van der Waals surface area (Å²) in [6.45, 7) is 0. The third kappa shape index (κ3) is 2.35. The van der Waals surface area contributed by atoms with Gasteiger partial charge in [-0.25, -0.2) is 18.6 Å². The van der Waals surface area contributed by atoms with Crippen LogP contribution in [0.2, 0.25) is 5.02 Å². The highest BCUT2D eigenvalue weighted by Crippen LogP contribution is 2.49. The van der Waals surface area contributed by atoms with Gasteiger partial charge in [-0.3, -0.25) is 0 Å². The molecule has 1 aromatic heterocycles. The normalized spacial score (nSPS) is 14.7. The molecule has 0 unspecified atom stereocenters. The maximum atomic E-state index is 14.3. The molecule has 1 aromatic carbocycles. The van der Waals surface area contributed by atoms with E-state index in [1.165, 1.54) is 0 Å². The highest BCUT2D eigenvalue weighted by Gasteiger charge is 2.47. The standard InChI is InChI=1S/C13H5ClF4N2O4/c14-5-7(19)6(16)8(20-9(5)12(21)22)3-1-2-4(15)11-10(3)23-13(17,18)24-11/h1-2H,(H2,19,20)(H,21,22). The highest BCUT2D eigenvalue weighted by atomic mass is 35.5. The van der Waals surface area contributed by atoms with Crippen molar-refractivity contribution in [1.82, 2.24) is 4.98 Å². The van der Waals surface area contributed by atoms with Crippen LogP contribution in [0.25, 0.3) is 11.3 Å². The number of aromatic nitrogens is 1. The van der Waals surface area contributed by atoms with Crippen LogP contribution in [0.3, 0.4) is 0 Å². The zero-order valence-electron chi connectivity index (χ0n) is 11.2. The van der Waals surface area contributed by atoms with Crippen molar-refractivity contribution in [2.24, 2.45) is 0 Å². The lowest BCUT2D eigenvalue weighted by Gasteiger charge is -2.11. The van der Waals surface area contributed by atoms with Gasteiger partial charge in [-0.2, -0.15) is 0 Å². The third-order valence-electron chi connectivity index (χ3n) is 3.08. The molecule has 11 heteroatoms. The van der Waals surface area contributed by atoms with Crippen molar-refractivity contribution in [1.29, 1.82) is 0 Å². The molecule has 0 aliphatic carbocycles. The van der Waals surface area contributed by atoms with Gasteiger partial charge in [0.1, 0.15) is 5.69 Å². The van der Waals surface area contributed by atoms with Crippen molar-refractivity contribution in [2.45, 2.75) is 6.29 Å². The molecular formula is C13H5ClF4N2O4. The van der Waals surface area contributed by atoms with Gasteiger partial charge >= 0.3 is 12.3 Å². The van der Waals surface area contributed by atoms with E-state index in [1.807, 2.05) is 0 Å². The number of halogens is 5. The highest BCUT2D eigenvalue weighted by molar-refractivity contribution is 6.35. The molecule has 0 atom stereocenters. The molecular weight excluding hydrogens is 360 g/mol. The first kappa shape index (κ1) is 16.1. The average Bonchev–Trinajstić information content (AvgIpc) is 2.82. The number of alkyl halides is 2. The van der Waals surface area contributed by atoms with Gasteiger partial charge in [0.15, 0.2) is 23.1 Å². The zero-order chi connectivity index (χ0) is 17.8. The number of hydrogen-bond donors (Lipinski definition) is 2. The minimum absolute atomic E-state index is 0.480. The Labute approximate surface area is 135 Å². The molecule has 126 valence electrons. The molecule has 3 N–H and O–H groups in total. The molecule has 0 radical (unpaired) electrons. The first-order valence-corrected chi connectivity index (χ1v) is 6.46. The van der Waals surface area contributed by atoms with Crippen molar-refractivity contribution in [3.63, 3.8) is 0 Å². The van der Waals surface area contributed by atoms with Gasteiger partial charge in [0.25, 0.3) is 0 Å². The summed E-state index contributed by atoms with van der Waals surface area (Å²) < 4.78 is 62.5. The first-order chi connectivity index (χ1) is 11.1. The fourth-order valence-electron chi connectivity index (χ4n) is 2.06. The minimum atomic E-state index is -4.18. The number of nitrogen functional groups attached to an aromatic ring is 1. The molecule has 0 amide bonds. The molecule has 2 aromatic rings. The van der Waals surface area contributed by atoms with Crippen LogP contribution in [0, 0.1) is 11.6 Å². The number of nitrogens with two attached hydrogens (primary N) is 1. The van der Waals surface area contributed by atoms with E-state index in [0.29, 0.717) is 6.07 Å². The second kappa shape index (κ2) is 5.13. The second-order valence-electron chi connectivity index (χ2n) is 4.58. The van der Waals surface area contributed by atoms with Gasteiger partial charge in [-0.1, -0.05) is 11.6 Å². The maximum absolute atomic E-state index is 14.3. The number of ether oxygens (including phenoxy) is 2. The van der Waals surface area contributed by atoms with E-state index < -0.39 is 63.1 Å². The smallest absolute Gasteiger partial charge is 0.476 e. The van der Waals surface area contributed by atoms with E-state index >= 15 is 0 Å². The molecule has 6 nitrogen and oxygen atoms in total. The van der Waals surface area contributed by atoms with Crippen LogP contribution in [0.5, 0.6) is 11.5 Å². The first-order valence-electron chi connectivity index (χ1n) is 6.09. The van der Waals surface area contributed by atoms with Crippen LogP contribution >= 0.6 is 11.6 Å².